The number of benzene rings is 2. The van der Waals surface area contributed by atoms with Gasteiger partial charge in [-0.15, -0.1) is 0 Å². The monoisotopic (exact) mass is 279 g/mol. The zero-order valence-corrected chi connectivity index (χ0v) is 10.9. The van der Waals surface area contributed by atoms with Gasteiger partial charge in [-0.05, 0) is 30.3 Å². The van der Waals surface area contributed by atoms with Crippen LogP contribution in [0.3, 0.4) is 0 Å². The molecule has 0 fully saturated rings. The van der Waals surface area contributed by atoms with Crippen LogP contribution in [0.2, 0.25) is 5.02 Å². The fourth-order valence-corrected chi connectivity index (χ4v) is 1.76. The first-order chi connectivity index (χ1) is 9.10. The SMILES string of the molecule is COc1ccc(C(=O)Nc2cccc(Cl)c2)c(F)c1. The minimum Gasteiger partial charge on any atom is -0.497 e. The van der Waals surface area contributed by atoms with Crippen molar-refractivity contribution >= 4 is 23.2 Å². The van der Waals surface area contributed by atoms with Crippen LogP contribution in [0, 0.1) is 5.82 Å². The number of carbonyl (C=O) groups is 1. The number of amides is 1. The summed E-state index contributed by atoms with van der Waals surface area (Å²) < 4.78 is 18.6. The molecule has 19 heavy (non-hydrogen) atoms. The molecule has 0 saturated carbocycles. The van der Waals surface area contributed by atoms with Gasteiger partial charge in [-0.3, -0.25) is 4.79 Å². The van der Waals surface area contributed by atoms with Gasteiger partial charge in [-0.2, -0.15) is 0 Å². The number of ether oxygens (including phenoxy) is 1. The van der Waals surface area contributed by atoms with Crippen molar-refractivity contribution < 1.29 is 13.9 Å². The predicted molar refractivity (Wildman–Crippen MR) is 72.4 cm³/mol. The Balaban J connectivity index is 2.20. The summed E-state index contributed by atoms with van der Waals surface area (Å²) in [6.45, 7) is 0. The van der Waals surface area contributed by atoms with E-state index in [0.717, 1.165) is 6.07 Å². The molecule has 1 amide bonds. The van der Waals surface area contributed by atoms with Crippen molar-refractivity contribution in [3.8, 4) is 5.75 Å². The lowest BCUT2D eigenvalue weighted by Crippen LogP contribution is -2.13. The normalized spacial score (nSPS) is 10.1. The Kier molecular flexibility index (Phi) is 4.02. The Morgan fingerprint density at radius 1 is 1.26 bits per heavy atom. The molecule has 0 saturated heterocycles. The van der Waals surface area contributed by atoms with Crippen molar-refractivity contribution in [2.24, 2.45) is 0 Å². The Morgan fingerprint density at radius 3 is 2.68 bits per heavy atom. The van der Waals surface area contributed by atoms with E-state index in [2.05, 4.69) is 5.32 Å². The Labute approximate surface area is 115 Å². The van der Waals surface area contributed by atoms with E-state index in [1.165, 1.54) is 19.2 Å². The standard InChI is InChI=1S/C14H11ClFNO2/c1-19-11-5-6-12(13(16)8-11)14(18)17-10-4-2-3-9(15)7-10/h2-8H,1H3,(H,17,18). The topological polar surface area (TPSA) is 38.3 Å². The van der Waals surface area contributed by atoms with E-state index in [0.29, 0.717) is 16.5 Å². The maximum atomic E-state index is 13.7. The first kappa shape index (κ1) is 13.4. The van der Waals surface area contributed by atoms with Gasteiger partial charge in [0.05, 0.1) is 12.7 Å². The molecule has 0 aliphatic carbocycles. The molecule has 2 rings (SSSR count). The second-order valence-electron chi connectivity index (χ2n) is 3.81. The molecule has 0 aliphatic rings. The van der Waals surface area contributed by atoms with Crippen LogP contribution in [0.15, 0.2) is 42.5 Å². The summed E-state index contributed by atoms with van der Waals surface area (Å²) in [4.78, 5) is 11.9. The highest BCUT2D eigenvalue weighted by Crippen LogP contribution is 2.19. The van der Waals surface area contributed by atoms with Crippen molar-refractivity contribution in [1.82, 2.24) is 0 Å². The summed E-state index contributed by atoms with van der Waals surface area (Å²) in [7, 11) is 1.43. The number of hydrogen-bond donors (Lipinski definition) is 1. The summed E-state index contributed by atoms with van der Waals surface area (Å²) >= 11 is 5.80. The average Bonchev–Trinajstić information content (AvgIpc) is 2.38. The molecular weight excluding hydrogens is 269 g/mol. The van der Waals surface area contributed by atoms with Gasteiger partial charge >= 0.3 is 0 Å². The van der Waals surface area contributed by atoms with Gasteiger partial charge in [-0.25, -0.2) is 4.39 Å². The van der Waals surface area contributed by atoms with Gasteiger partial charge in [0.1, 0.15) is 11.6 Å². The molecule has 0 atom stereocenters. The Morgan fingerprint density at radius 2 is 2.05 bits per heavy atom. The van der Waals surface area contributed by atoms with Crippen LogP contribution < -0.4 is 10.1 Å². The molecule has 5 heteroatoms. The van der Waals surface area contributed by atoms with E-state index < -0.39 is 11.7 Å². The van der Waals surface area contributed by atoms with Crippen LogP contribution in [-0.2, 0) is 0 Å². The lowest BCUT2D eigenvalue weighted by atomic mass is 10.2. The number of methoxy groups -OCH3 is 1. The number of rotatable bonds is 3. The quantitative estimate of drug-likeness (QED) is 0.929. The summed E-state index contributed by atoms with van der Waals surface area (Å²) in [5, 5.41) is 3.07. The van der Waals surface area contributed by atoms with Crippen LogP contribution in [-0.4, -0.2) is 13.0 Å². The van der Waals surface area contributed by atoms with Gasteiger partial charge in [0.15, 0.2) is 0 Å². The van der Waals surface area contributed by atoms with Crippen molar-refractivity contribution in [2.75, 3.05) is 12.4 Å². The fourth-order valence-electron chi connectivity index (χ4n) is 1.57. The third-order valence-electron chi connectivity index (χ3n) is 2.50. The van der Waals surface area contributed by atoms with Gasteiger partial charge in [-0.1, -0.05) is 17.7 Å². The van der Waals surface area contributed by atoms with Crippen LogP contribution in [0.4, 0.5) is 10.1 Å². The molecule has 0 bridgehead atoms. The molecule has 0 aromatic heterocycles. The van der Waals surface area contributed by atoms with E-state index in [4.69, 9.17) is 16.3 Å². The van der Waals surface area contributed by atoms with E-state index in [9.17, 15) is 9.18 Å². The smallest absolute Gasteiger partial charge is 0.258 e. The second-order valence-corrected chi connectivity index (χ2v) is 4.25. The second kappa shape index (κ2) is 5.71. The van der Waals surface area contributed by atoms with Crippen LogP contribution in [0.5, 0.6) is 5.75 Å². The maximum absolute atomic E-state index is 13.7. The number of halogens is 2. The minimum absolute atomic E-state index is 0.0548. The van der Waals surface area contributed by atoms with Gasteiger partial charge in [0.2, 0.25) is 0 Å². The van der Waals surface area contributed by atoms with E-state index in [-0.39, 0.29) is 5.56 Å². The van der Waals surface area contributed by atoms with Crippen LogP contribution in [0.1, 0.15) is 10.4 Å². The molecule has 0 unspecified atom stereocenters. The summed E-state index contributed by atoms with van der Waals surface area (Å²) in [5.74, 6) is -0.821. The van der Waals surface area contributed by atoms with Gasteiger partial charge in [0.25, 0.3) is 5.91 Å². The first-order valence-corrected chi connectivity index (χ1v) is 5.88. The van der Waals surface area contributed by atoms with Gasteiger partial charge in [0, 0.05) is 16.8 Å². The van der Waals surface area contributed by atoms with Crippen LogP contribution >= 0.6 is 11.6 Å². The van der Waals surface area contributed by atoms with Crippen molar-refractivity contribution in [1.29, 1.82) is 0 Å². The molecular formula is C14H11ClFNO2. The number of carbonyl (C=O) groups excluding carboxylic acids is 1. The van der Waals surface area contributed by atoms with Crippen molar-refractivity contribution in [3.05, 3.63) is 58.9 Å². The van der Waals surface area contributed by atoms with Crippen molar-refractivity contribution in [2.45, 2.75) is 0 Å². The minimum atomic E-state index is -0.640. The van der Waals surface area contributed by atoms with E-state index in [1.54, 1.807) is 24.3 Å². The average molecular weight is 280 g/mol. The zero-order valence-electron chi connectivity index (χ0n) is 10.1. The highest BCUT2D eigenvalue weighted by atomic mass is 35.5. The molecule has 0 radical (unpaired) electrons. The van der Waals surface area contributed by atoms with E-state index in [1.807, 2.05) is 0 Å². The van der Waals surface area contributed by atoms with Gasteiger partial charge < -0.3 is 10.1 Å². The third kappa shape index (κ3) is 3.23. The molecule has 1 N–H and O–H groups in total. The highest BCUT2D eigenvalue weighted by Gasteiger charge is 2.12. The Bertz CT molecular complexity index is 616. The summed E-state index contributed by atoms with van der Waals surface area (Å²) in [5.41, 5.74) is 0.452. The molecule has 2 aromatic carbocycles. The Hall–Kier alpha value is -2.07. The first-order valence-electron chi connectivity index (χ1n) is 5.50. The summed E-state index contributed by atoms with van der Waals surface area (Å²) in [6.07, 6.45) is 0. The molecule has 0 aliphatic heterocycles. The number of hydrogen-bond acceptors (Lipinski definition) is 2. The molecule has 2 aromatic rings. The van der Waals surface area contributed by atoms with E-state index >= 15 is 0 Å². The molecule has 0 heterocycles. The number of nitrogens with one attached hydrogen (secondary N) is 1. The lowest BCUT2D eigenvalue weighted by molar-refractivity contribution is 0.102. The predicted octanol–water partition coefficient (Wildman–Crippen LogP) is 3.74. The van der Waals surface area contributed by atoms with Crippen LogP contribution in [0.25, 0.3) is 0 Å². The largest absolute Gasteiger partial charge is 0.497 e. The highest BCUT2D eigenvalue weighted by molar-refractivity contribution is 6.30. The van der Waals surface area contributed by atoms with Crippen molar-refractivity contribution in [3.63, 3.8) is 0 Å². The lowest BCUT2D eigenvalue weighted by Gasteiger charge is -2.07. The molecule has 3 nitrogen and oxygen atoms in total. The number of anilines is 1. The maximum Gasteiger partial charge on any atom is 0.258 e. The third-order valence-corrected chi connectivity index (χ3v) is 2.74. The fraction of sp³-hybridized carbons (Fsp3) is 0.0714. The molecule has 0 spiro atoms. The molecule has 98 valence electrons. The zero-order chi connectivity index (χ0) is 13.8. The summed E-state index contributed by atoms with van der Waals surface area (Å²) in [6, 6.07) is 10.7.